The van der Waals surface area contributed by atoms with Crippen molar-refractivity contribution in [3.8, 4) is 0 Å². The Hall–Kier alpha value is -2.43. The molecule has 9 nitrogen and oxygen atoms in total. The summed E-state index contributed by atoms with van der Waals surface area (Å²) in [5, 5.41) is 8.40. The molecule has 1 saturated heterocycles. The smallest absolute Gasteiger partial charge is 0.230 e. The zero-order chi connectivity index (χ0) is 20.0. The van der Waals surface area contributed by atoms with Crippen LogP contribution >= 0.6 is 27.5 Å². The third kappa shape index (κ3) is 3.63. The first-order valence-corrected chi connectivity index (χ1v) is 10.5. The number of piperazine rings is 1. The van der Waals surface area contributed by atoms with E-state index in [0.29, 0.717) is 23.5 Å². The van der Waals surface area contributed by atoms with Crippen LogP contribution < -0.4 is 10.2 Å². The number of nitrogens with one attached hydrogen (secondary N) is 2. The summed E-state index contributed by atoms with van der Waals surface area (Å²) in [6.07, 6.45) is 1.73. The maximum Gasteiger partial charge on any atom is 0.230 e. The maximum absolute atomic E-state index is 6.06. The number of H-pyrrole nitrogens is 1. The largest absolute Gasteiger partial charge is 0.347 e. The molecular formula is C18H19BrClN9. The second-order valence-corrected chi connectivity index (χ2v) is 8.35. The van der Waals surface area contributed by atoms with Crippen molar-refractivity contribution in [3.05, 3.63) is 39.7 Å². The number of imidazole rings is 1. The Morgan fingerprint density at radius 1 is 1.17 bits per heavy atom. The summed E-state index contributed by atoms with van der Waals surface area (Å²) in [5.41, 5.74) is 2.51. The quantitative estimate of drug-likeness (QED) is 0.468. The van der Waals surface area contributed by atoms with Crippen molar-refractivity contribution in [2.75, 3.05) is 43.4 Å². The molecule has 1 aliphatic heterocycles. The van der Waals surface area contributed by atoms with Crippen LogP contribution in [0.15, 0.2) is 28.9 Å². The number of hydrogen-bond donors (Lipinski definition) is 2. The second-order valence-electron chi connectivity index (χ2n) is 7.06. The number of benzene rings is 1. The van der Waals surface area contributed by atoms with E-state index in [1.165, 1.54) is 0 Å². The number of nitrogens with zero attached hydrogens (tertiary/aromatic N) is 7. The minimum absolute atomic E-state index is 0.470. The lowest BCUT2D eigenvalue weighted by atomic mass is 10.3. The SMILES string of the molecule is CN1CCN(c2nc(NCc3nc4cc(Cl)ccc4[nH]3)n3ncc(Br)c3n2)CC1. The lowest BCUT2D eigenvalue weighted by Gasteiger charge is -2.32. The first kappa shape index (κ1) is 18.6. The van der Waals surface area contributed by atoms with E-state index >= 15 is 0 Å². The third-order valence-corrected chi connectivity index (χ3v) is 5.80. The molecule has 11 heteroatoms. The van der Waals surface area contributed by atoms with E-state index in [1.807, 2.05) is 18.2 Å². The summed E-state index contributed by atoms with van der Waals surface area (Å²) in [6, 6.07) is 5.61. The van der Waals surface area contributed by atoms with Gasteiger partial charge in [-0.05, 0) is 41.2 Å². The van der Waals surface area contributed by atoms with Crippen LogP contribution in [-0.4, -0.2) is 67.7 Å². The molecule has 29 heavy (non-hydrogen) atoms. The molecule has 4 heterocycles. The summed E-state index contributed by atoms with van der Waals surface area (Å²) in [5.74, 6) is 2.11. The number of anilines is 2. The van der Waals surface area contributed by atoms with Gasteiger partial charge in [0.25, 0.3) is 0 Å². The van der Waals surface area contributed by atoms with Crippen LogP contribution in [0, 0.1) is 0 Å². The second kappa shape index (κ2) is 7.43. The number of halogens is 2. The predicted molar refractivity (Wildman–Crippen MR) is 117 cm³/mol. The van der Waals surface area contributed by atoms with E-state index in [1.54, 1.807) is 10.7 Å². The van der Waals surface area contributed by atoms with E-state index in [0.717, 1.165) is 53.2 Å². The molecule has 150 valence electrons. The molecule has 0 spiro atoms. The minimum Gasteiger partial charge on any atom is -0.347 e. The number of aromatic nitrogens is 6. The maximum atomic E-state index is 6.06. The molecule has 0 amide bonds. The van der Waals surface area contributed by atoms with Crippen molar-refractivity contribution in [3.63, 3.8) is 0 Å². The molecule has 0 saturated carbocycles. The first-order valence-electron chi connectivity index (χ1n) is 9.29. The lowest BCUT2D eigenvalue weighted by molar-refractivity contribution is 0.311. The zero-order valence-electron chi connectivity index (χ0n) is 15.7. The Bertz CT molecular complexity index is 1180. The average molecular weight is 477 g/mol. The van der Waals surface area contributed by atoms with Gasteiger partial charge in [-0.2, -0.15) is 19.6 Å². The molecule has 5 rings (SSSR count). The summed E-state index contributed by atoms with van der Waals surface area (Å²) in [6.45, 7) is 4.22. The fourth-order valence-corrected chi connectivity index (χ4v) is 3.89. The number of rotatable bonds is 4. The number of likely N-dealkylation sites (N-methyl/N-ethyl adjacent to an activating group) is 1. The van der Waals surface area contributed by atoms with Crippen molar-refractivity contribution < 1.29 is 0 Å². The van der Waals surface area contributed by atoms with Gasteiger partial charge in [-0.3, -0.25) is 0 Å². The summed E-state index contributed by atoms with van der Waals surface area (Å²) in [4.78, 5) is 21.9. The van der Waals surface area contributed by atoms with Crippen LogP contribution in [0.1, 0.15) is 5.82 Å². The highest BCUT2D eigenvalue weighted by atomic mass is 79.9. The Kier molecular flexibility index (Phi) is 4.76. The molecule has 0 radical (unpaired) electrons. The summed E-state index contributed by atoms with van der Waals surface area (Å²) < 4.78 is 2.53. The molecular weight excluding hydrogens is 458 g/mol. The van der Waals surface area contributed by atoms with Gasteiger partial charge in [0.15, 0.2) is 5.65 Å². The van der Waals surface area contributed by atoms with Crippen molar-refractivity contribution in [1.29, 1.82) is 0 Å². The monoisotopic (exact) mass is 475 g/mol. The van der Waals surface area contributed by atoms with Crippen LogP contribution in [0.2, 0.25) is 5.02 Å². The predicted octanol–water partition coefficient (Wildman–Crippen LogP) is 2.78. The fourth-order valence-electron chi connectivity index (χ4n) is 3.38. The van der Waals surface area contributed by atoms with E-state index in [9.17, 15) is 0 Å². The van der Waals surface area contributed by atoms with Gasteiger partial charge in [0.2, 0.25) is 11.9 Å². The van der Waals surface area contributed by atoms with Crippen LogP contribution in [0.4, 0.5) is 11.9 Å². The molecule has 1 fully saturated rings. The number of fused-ring (bicyclic) bond motifs is 2. The summed E-state index contributed by atoms with van der Waals surface area (Å²) in [7, 11) is 2.13. The highest BCUT2D eigenvalue weighted by Crippen LogP contribution is 2.23. The Labute approximate surface area is 180 Å². The molecule has 0 atom stereocenters. The lowest BCUT2D eigenvalue weighted by Crippen LogP contribution is -2.45. The highest BCUT2D eigenvalue weighted by Gasteiger charge is 2.20. The van der Waals surface area contributed by atoms with Crippen LogP contribution in [0.25, 0.3) is 16.7 Å². The van der Waals surface area contributed by atoms with Crippen molar-refractivity contribution in [1.82, 2.24) is 34.4 Å². The molecule has 1 aliphatic rings. The van der Waals surface area contributed by atoms with E-state index in [4.69, 9.17) is 21.6 Å². The fraction of sp³-hybridized carbons (Fsp3) is 0.333. The van der Waals surface area contributed by atoms with Gasteiger partial charge in [-0.25, -0.2) is 4.98 Å². The first-order chi connectivity index (χ1) is 14.1. The minimum atomic E-state index is 0.470. The molecule has 0 bridgehead atoms. The van der Waals surface area contributed by atoms with Crippen molar-refractivity contribution in [2.45, 2.75) is 6.54 Å². The standard InChI is InChI=1S/C18H19BrClN9/c1-27-4-6-28(7-5-27)18-25-16-12(19)9-22-29(16)17(26-18)21-10-15-23-13-3-2-11(20)8-14(13)24-15/h2-3,8-9H,4-7,10H2,1H3,(H,23,24)(H,21,25,26). The third-order valence-electron chi connectivity index (χ3n) is 5.01. The molecule has 0 unspecified atom stereocenters. The normalized spacial score (nSPS) is 15.5. The van der Waals surface area contributed by atoms with Gasteiger partial charge in [-0.15, -0.1) is 0 Å². The van der Waals surface area contributed by atoms with Gasteiger partial charge < -0.3 is 20.1 Å². The molecule has 0 aliphatic carbocycles. The molecule has 3 aromatic heterocycles. The highest BCUT2D eigenvalue weighted by molar-refractivity contribution is 9.10. The number of hydrogen-bond acceptors (Lipinski definition) is 7. The number of aromatic amines is 1. The van der Waals surface area contributed by atoms with E-state index < -0.39 is 0 Å². The Morgan fingerprint density at radius 2 is 2.00 bits per heavy atom. The molecule has 2 N–H and O–H groups in total. The van der Waals surface area contributed by atoms with Crippen LogP contribution in [0.3, 0.4) is 0 Å². The van der Waals surface area contributed by atoms with Crippen molar-refractivity contribution in [2.24, 2.45) is 0 Å². The van der Waals surface area contributed by atoms with E-state index in [2.05, 4.69) is 53.2 Å². The Morgan fingerprint density at radius 3 is 2.83 bits per heavy atom. The Balaban J connectivity index is 1.44. The van der Waals surface area contributed by atoms with Gasteiger partial charge in [-0.1, -0.05) is 11.6 Å². The van der Waals surface area contributed by atoms with Crippen LogP contribution in [0.5, 0.6) is 0 Å². The molecule has 1 aromatic carbocycles. The average Bonchev–Trinajstić information content (AvgIpc) is 3.29. The van der Waals surface area contributed by atoms with Gasteiger partial charge in [0.05, 0.1) is 28.2 Å². The summed E-state index contributed by atoms with van der Waals surface area (Å²) >= 11 is 9.59. The molecule has 4 aromatic rings. The van der Waals surface area contributed by atoms with Gasteiger partial charge in [0.1, 0.15) is 5.82 Å². The van der Waals surface area contributed by atoms with Gasteiger partial charge >= 0.3 is 0 Å². The van der Waals surface area contributed by atoms with E-state index in [-0.39, 0.29) is 0 Å². The topological polar surface area (TPSA) is 90.3 Å². The van der Waals surface area contributed by atoms with Crippen LogP contribution in [-0.2, 0) is 6.54 Å². The zero-order valence-corrected chi connectivity index (χ0v) is 18.1. The van der Waals surface area contributed by atoms with Gasteiger partial charge in [0, 0.05) is 31.2 Å². The van der Waals surface area contributed by atoms with Crippen molar-refractivity contribution >= 4 is 56.1 Å².